The molecule has 0 bridgehead atoms. The summed E-state index contributed by atoms with van der Waals surface area (Å²) in [4.78, 5) is 2.75. The van der Waals surface area contributed by atoms with Crippen LogP contribution >= 0.6 is 0 Å². The topological polar surface area (TPSA) is 21.7 Å². The second kappa shape index (κ2) is 8.30. The molecule has 0 amide bonds. The molecule has 3 aliphatic heterocycles. The van der Waals surface area contributed by atoms with E-state index in [0.717, 1.165) is 17.2 Å². The molecule has 216 valence electrons. The van der Waals surface area contributed by atoms with E-state index in [1.807, 2.05) is 0 Å². The van der Waals surface area contributed by atoms with Gasteiger partial charge in [0.2, 0.25) is 0 Å². The fourth-order valence-electron chi connectivity index (χ4n) is 8.55. The summed E-state index contributed by atoms with van der Waals surface area (Å²) in [5.41, 5.74) is 10.2. The number of nitrogens with zero attached hydrogens (tertiary/aromatic N) is 1. The molecule has 4 aromatic rings. The van der Waals surface area contributed by atoms with Crippen LogP contribution in [0.5, 0.6) is 17.2 Å². The van der Waals surface area contributed by atoms with Crippen molar-refractivity contribution in [3.63, 3.8) is 0 Å². The summed E-state index contributed by atoms with van der Waals surface area (Å²) in [7, 11) is 1.79. The normalized spacial score (nSPS) is 23.7. The van der Waals surface area contributed by atoms with Crippen molar-refractivity contribution in [2.24, 2.45) is 0 Å². The van der Waals surface area contributed by atoms with E-state index in [1.54, 1.807) is 12.7 Å². The van der Waals surface area contributed by atoms with Crippen LogP contribution < -0.4 is 29.6 Å². The summed E-state index contributed by atoms with van der Waals surface area (Å²) in [5, 5.41) is 1.30. The van der Waals surface area contributed by atoms with Crippen LogP contribution in [-0.2, 0) is 16.2 Å². The predicted octanol–water partition coefficient (Wildman–Crippen LogP) is 7.18. The standard InChI is InChI=1S/C37H42BNO2Se/c1-34(2,3)21-12-13-29-24(16-21)32-33(42-29)38-26-18-22(35(4,5)6)17-25-31(26)39(37(8)15-11-10-14-36(25,37)7)27-19-23(40-9)20-28(41-32)30(27)38/h12-13,16-20H,10-11,14-15H2,1-9H3. The number of methoxy groups -OCH3 is 1. The van der Waals surface area contributed by atoms with Crippen LogP contribution in [-0.4, -0.2) is 33.9 Å². The van der Waals surface area contributed by atoms with Crippen LogP contribution in [0.1, 0.15) is 97.8 Å². The molecule has 0 saturated heterocycles. The summed E-state index contributed by atoms with van der Waals surface area (Å²) in [6, 6.07) is 16.8. The number of benzene rings is 3. The van der Waals surface area contributed by atoms with Gasteiger partial charge < -0.3 is 0 Å². The molecule has 4 heterocycles. The summed E-state index contributed by atoms with van der Waals surface area (Å²) in [6.45, 7) is 19.3. The average Bonchev–Trinajstić information content (AvgIpc) is 3.39. The van der Waals surface area contributed by atoms with Crippen LogP contribution in [0.4, 0.5) is 11.4 Å². The van der Waals surface area contributed by atoms with Gasteiger partial charge in [0.1, 0.15) is 0 Å². The Morgan fingerprint density at radius 2 is 1.64 bits per heavy atom. The Hall–Kier alpha value is -2.62. The minimum absolute atomic E-state index is 0.00396. The van der Waals surface area contributed by atoms with Gasteiger partial charge in [0.15, 0.2) is 0 Å². The zero-order valence-electron chi connectivity index (χ0n) is 26.6. The van der Waals surface area contributed by atoms with E-state index in [-0.39, 0.29) is 43.0 Å². The molecule has 3 nitrogen and oxygen atoms in total. The van der Waals surface area contributed by atoms with Gasteiger partial charge in [-0.15, -0.1) is 0 Å². The van der Waals surface area contributed by atoms with E-state index in [9.17, 15) is 0 Å². The molecular weight excluding hydrogens is 580 g/mol. The van der Waals surface area contributed by atoms with Gasteiger partial charge >= 0.3 is 258 Å². The van der Waals surface area contributed by atoms with Crippen molar-refractivity contribution in [1.29, 1.82) is 0 Å². The number of hydrogen-bond donors (Lipinski definition) is 0. The van der Waals surface area contributed by atoms with Gasteiger partial charge in [-0.2, -0.15) is 0 Å². The van der Waals surface area contributed by atoms with Crippen LogP contribution in [0.15, 0.2) is 42.5 Å². The third-order valence-corrected chi connectivity index (χ3v) is 13.8. The van der Waals surface area contributed by atoms with Crippen molar-refractivity contribution in [1.82, 2.24) is 0 Å². The van der Waals surface area contributed by atoms with Crippen molar-refractivity contribution >= 4 is 57.5 Å². The van der Waals surface area contributed by atoms with E-state index in [1.165, 1.54) is 73.1 Å². The fourth-order valence-corrected chi connectivity index (χ4v) is 11.2. The summed E-state index contributed by atoms with van der Waals surface area (Å²) >= 11 is 0.201. The Labute approximate surface area is 257 Å². The monoisotopic (exact) mass is 623 g/mol. The maximum atomic E-state index is 7.04. The van der Waals surface area contributed by atoms with Crippen molar-refractivity contribution < 1.29 is 9.47 Å². The Morgan fingerprint density at radius 3 is 2.36 bits per heavy atom. The summed E-state index contributed by atoms with van der Waals surface area (Å²) < 4.78 is 15.9. The first-order chi connectivity index (χ1) is 19.8. The molecular formula is C37H42BNO2Se. The Balaban J connectivity index is 1.50. The second-order valence-corrected chi connectivity index (χ2v) is 18.0. The number of rotatable bonds is 1. The molecule has 8 rings (SSSR count). The van der Waals surface area contributed by atoms with Gasteiger partial charge in [0.05, 0.1) is 0 Å². The number of anilines is 2. The molecule has 3 aromatic carbocycles. The molecule has 42 heavy (non-hydrogen) atoms. The zero-order valence-corrected chi connectivity index (χ0v) is 28.3. The van der Waals surface area contributed by atoms with Crippen LogP contribution in [0.3, 0.4) is 0 Å². The van der Waals surface area contributed by atoms with Crippen LogP contribution in [0, 0.1) is 0 Å². The minimum atomic E-state index is 0.00396. The molecule has 1 aliphatic carbocycles. The third kappa shape index (κ3) is 3.30. The number of ether oxygens (including phenoxy) is 2. The van der Waals surface area contributed by atoms with E-state index in [0.29, 0.717) is 0 Å². The summed E-state index contributed by atoms with van der Waals surface area (Å²) in [6.07, 6.45) is 4.99. The van der Waals surface area contributed by atoms with E-state index in [2.05, 4.69) is 103 Å². The molecule has 1 aromatic heterocycles. The van der Waals surface area contributed by atoms with Crippen LogP contribution in [0.2, 0.25) is 0 Å². The molecule has 2 unspecified atom stereocenters. The summed E-state index contributed by atoms with van der Waals surface area (Å²) in [5.74, 6) is 2.95. The van der Waals surface area contributed by atoms with Crippen molar-refractivity contribution in [3.8, 4) is 17.2 Å². The molecule has 0 spiro atoms. The molecule has 1 fully saturated rings. The van der Waals surface area contributed by atoms with Gasteiger partial charge in [0, 0.05) is 0 Å². The quantitative estimate of drug-likeness (QED) is 0.185. The molecule has 2 atom stereocenters. The van der Waals surface area contributed by atoms with E-state index in [4.69, 9.17) is 9.47 Å². The third-order valence-electron chi connectivity index (χ3n) is 11.3. The molecule has 4 aliphatic rings. The fraction of sp³-hybridized carbons (Fsp3) is 0.459. The molecule has 0 radical (unpaired) electrons. The van der Waals surface area contributed by atoms with Crippen LogP contribution in [0.25, 0.3) is 9.65 Å². The first-order valence-corrected chi connectivity index (χ1v) is 17.4. The number of hydrogen-bond acceptors (Lipinski definition) is 3. The molecule has 0 N–H and O–H groups in total. The Morgan fingerprint density at radius 1 is 0.905 bits per heavy atom. The van der Waals surface area contributed by atoms with Gasteiger partial charge in [0.25, 0.3) is 0 Å². The van der Waals surface area contributed by atoms with Gasteiger partial charge in [-0.25, -0.2) is 0 Å². The Kier molecular flexibility index (Phi) is 5.33. The van der Waals surface area contributed by atoms with Gasteiger partial charge in [-0.05, 0) is 0 Å². The van der Waals surface area contributed by atoms with E-state index < -0.39 is 0 Å². The van der Waals surface area contributed by atoms with Gasteiger partial charge in [-0.1, -0.05) is 0 Å². The average molecular weight is 623 g/mol. The number of fused-ring (bicyclic) bond motifs is 9. The zero-order chi connectivity index (χ0) is 29.6. The maximum absolute atomic E-state index is 7.04. The molecule has 1 saturated carbocycles. The first-order valence-electron chi connectivity index (χ1n) is 15.7. The second-order valence-electron chi connectivity index (χ2n) is 15.7. The van der Waals surface area contributed by atoms with Crippen molar-refractivity contribution in [2.45, 2.75) is 103 Å². The van der Waals surface area contributed by atoms with Crippen molar-refractivity contribution in [3.05, 3.63) is 59.2 Å². The Bertz CT molecular complexity index is 1820. The molecule has 5 heteroatoms. The first kappa shape index (κ1) is 27.0. The van der Waals surface area contributed by atoms with E-state index >= 15 is 0 Å². The van der Waals surface area contributed by atoms with Gasteiger partial charge in [-0.3, -0.25) is 0 Å². The predicted molar refractivity (Wildman–Crippen MR) is 179 cm³/mol. The SMILES string of the molecule is COc1cc2c3c(c1)N1c4c(cc(C(C)(C)C)cc4C4(C)CCCCC14C)B3c1[se]c3ccc(C(C)(C)C)cc3c1O2. The van der Waals surface area contributed by atoms with Crippen molar-refractivity contribution in [2.75, 3.05) is 12.0 Å².